The number of rotatable bonds is 6. The average molecular weight is 481 g/mol. The lowest BCUT2D eigenvalue weighted by atomic mass is 9.99. The van der Waals surface area contributed by atoms with Crippen LogP contribution in [-0.2, 0) is 21.4 Å². The van der Waals surface area contributed by atoms with E-state index in [0.717, 1.165) is 16.9 Å². The zero-order chi connectivity index (χ0) is 22.0. The Morgan fingerprint density at radius 2 is 2.19 bits per heavy atom. The molecule has 164 valence electrons. The second kappa shape index (κ2) is 9.07. The summed E-state index contributed by atoms with van der Waals surface area (Å²) >= 11 is 7.25. The van der Waals surface area contributed by atoms with E-state index >= 15 is 0 Å². The van der Waals surface area contributed by atoms with Gasteiger partial charge >= 0.3 is 0 Å². The van der Waals surface area contributed by atoms with Crippen LogP contribution in [0.15, 0.2) is 44.4 Å². The van der Waals surface area contributed by atoms with E-state index in [4.69, 9.17) is 16.1 Å². The Hall–Kier alpha value is -2.27. The number of aromatic nitrogens is 2. The number of aryl methyl sites for hydroxylation is 1. The van der Waals surface area contributed by atoms with Gasteiger partial charge in [-0.15, -0.1) is 11.3 Å². The van der Waals surface area contributed by atoms with Gasteiger partial charge in [-0.3, -0.25) is 4.79 Å². The number of piperidine rings is 1. The molecule has 3 heterocycles. The number of amides is 1. The van der Waals surface area contributed by atoms with Gasteiger partial charge in [0.15, 0.2) is 0 Å². The Kier molecular flexibility index (Phi) is 6.42. The Labute approximate surface area is 189 Å². The Balaban J connectivity index is 1.43. The lowest BCUT2D eigenvalue weighted by Crippen LogP contribution is -2.45. The van der Waals surface area contributed by atoms with Crippen LogP contribution in [0.5, 0.6) is 0 Å². The first-order valence-electron chi connectivity index (χ1n) is 9.75. The number of carbonyl (C=O) groups is 1. The summed E-state index contributed by atoms with van der Waals surface area (Å²) in [5.74, 6) is 0.178. The molecule has 31 heavy (non-hydrogen) atoms. The fourth-order valence-corrected chi connectivity index (χ4v) is 6.49. The smallest absolute Gasteiger partial charge is 0.252 e. The minimum Gasteiger partial charge on any atom is -0.352 e. The summed E-state index contributed by atoms with van der Waals surface area (Å²) in [6.07, 6.45) is 1.25. The Morgan fingerprint density at radius 1 is 1.39 bits per heavy atom. The minimum absolute atomic E-state index is 0.144. The van der Waals surface area contributed by atoms with Crippen molar-refractivity contribution in [3.05, 3.63) is 52.2 Å². The summed E-state index contributed by atoms with van der Waals surface area (Å²) < 4.78 is 32.8. The second-order valence-electron chi connectivity index (χ2n) is 7.30. The van der Waals surface area contributed by atoms with Crippen molar-refractivity contribution in [2.45, 2.75) is 30.5 Å². The van der Waals surface area contributed by atoms with E-state index in [1.807, 2.05) is 18.2 Å². The first-order chi connectivity index (χ1) is 14.8. The molecule has 1 saturated heterocycles. The number of benzene rings is 1. The van der Waals surface area contributed by atoms with Crippen molar-refractivity contribution >= 4 is 38.9 Å². The molecule has 4 rings (SSSR count). The molecule has 0 radical (unpaired) electrons. The molecule has 2 aromatic heterocycles. The molecule has 1 N–H and O–H groups in total. The third kappa shape index (κ3) is 4.82. The summed E-state index contributed by atoms with van der Waals surface area (Å²) in [5.41, 5.74) is 1.41. The highest BCUT2D eigenvalue weighted by Crippen LogP contribution is 2.31. The van der Waals surface area contributed by atoms with Crippen molar-refractivity contribution in [2.75, 3.05) is 13.1 Å². The molecule has 0 aliphatic carbocycles. The van der Waals surface area contributed by atoms with Crippen molar-refractivity contribution in [1.82, 2.24) is 19.8 Å². The van der Waals surface area contributed by atoms with Crippen LogP contribution in [0, 0.1) is 12.8 Å². The molecule has 1 fully saturated rings. The van der Waals surface area contributed by atoms with E-state index in [0.29, 0.717) is 48.2 Å². The number of carbonyl (C=O) groups excluding carboxylic acids is 1. The van der Waals surface area contributed by atoms with Crippen LogP contribution in [0.25, 0.3) is 11.4 Å². The molecular weight excluding hydrogens is 460 g/mol. The molecule has 1 aromatic carbocycles. The number of thiophene rings is 1. The van der Waals surface area contributed by atoms with E-state index in [2.05, 4.69) is 15.5 Å². The molecule has 3 aromatic rings. The lowest BCUT2D eigenvalue weighted by Gasteiger charge is -2.30. The summed E-state index contributed by atoms with van der Waals surface area (Å²) in [4.78, 5) is 16.8. The maximum atomic E-state index is 13.2. The van der Waals surface area contributed by atoms with Crippen LogP contribution in [0.1, 0.15) is 24.3 Å². The van der Waals surface area contributed by atoms with Crippen LogP contribution < -0.4 is 5.32 Å². The molecule has 0 bridgehead atoms. The number of hydrogen-bond acceptors (Lipinski definition) is 7. The second-order valence-corrected chi connectivity index (χ2v) is 10.8. The predicted octanol–water partition coefficient (Wildman–Crippen LogP) is 3.48. The highest BCUT2D eigenvalue weighted by molar-refractivity contribution is 7.91. The fraction of sp³-hybridized carbons (Fsp3) is 0.350. The molecule has 1 amide bonds. The van der Waals surface area contributed by atoms with Gasteiger partial charge in [0.25, 0.3) is 10.0 Å². The van der Waals surface area contributed by atoms with Crippen LogP contribution in [0.3, 0.4) is 0 Å². The summed E-state index contributed by atoms with van der Waals surface area (Å²) in [6, 6.07) is 8.84. The van der Waals surface area contributed by atoms with Gasteiger partial charge in [-0.25, -0.2) is 8.42 Å². The van der Waals surface area contributed by atoms with Crippen molar-refractivity contribution in [2.24, 2.45) is 5.92 Å². The lowest BCUT2D eigenvalue weighted by molar-refractivity contribution is -0.126. The predicted molar refractivity (Wildman–Crippen MR) is 117 cm³/mol. The summed E-state index contributed by atoms with van der Waals surface area (Å²) in [7, 11) is -3.72. The Bertz CT molecular complexity index is 1190. The van der Waals surface area contributed by atoms with Gasteiger partial charge in [0.2, 0.25) is 17.6 Å². The van der Waals surface area contributed by atoms with Gasteiger partial charge < -0.3 is 9.84 Å². The molecule has 8 nitrogen and oxygen atoms in total. The van der Waals surface area contributed by atoms with Crippen molar-refractivity contribution in [1.29, 1.82) is 0 Å². The number of sulfonamides is 1. The van der Waals surface area contributed by atoms with Crippen LogP contribution in [0.2, 0.25) is 5.02 Å². The van der Waals surface area contributed by atoms with Gasteiger partial charge in [0.05, 0.1) is 5.92 Å². The largest absolute Gasteiger partial charge is 0.352 e. The topological polar surface area (TPSA) is 105 Å². The molecule has 0 saturated carbocycles. The Morgan fingerprint density at radius 3 is 2.94 bits per heavy atom. The van der Waals surface area contributed by atoms with E-state index < -0.39 is 15.9 Å². The third-order valence-corrected chi connectivity index (χ3v) is 8.77. The van der Waals surface area contributed by atoms with E-state index in [9.17, 15) is 13.2 Å². The average Bonchev–Trinajstić information content (AvgIpc) is 3.42. The third-order valence-electron chi connectivity index (χ3n) is 5.12. The number of halogens is 1. The molecule has 0 unspecified atom stereocenters. The van der Waals surface area contributed by atoms with Gasteiger partial charge in [-0.05, 0) is 30.5 Å². The fourth-order valence-electron chi connectivity index (χ4n) is 3.46. The zero-order valence-electron chi connectivity index (χ0n) is 16.7. The van der Waals surface area contributed by atoms with E-state index in [1.165, 1.54) is 4.31 Å². The molecule has 1 aliphatic rings. The molecule has 1 atom stereocenters. The van der Waals surface area contributed by atoms with Gasteiger partial charge in [0, 0.05) is 42.5 Å². The van der Waals surface area contributed by atoms with Crippen LogP contribution in [-0.4, -0.2) is 41.9 Å². The van der Waals surface area contributed by atoms with Crippen molar-refractivity contribution in [3.8, 4) is 11.4 Å². The molecular formula is C20H21ClN4O4S2. The SMILES string of the molecule is Cc1nc(-c2csc(S(=O)(=O)N3CCC[C@H](C(=O)NCc4ccccc4Cl)C3)c2)no1. The zero-order valence-corrected chi connectivity index (χ0v) is 19.1. The highest BCUT2D eigenvalue weighted by Gasteiger charge is 2.34. The van der Waals surface area contributed by atoms with Crippen LogP contribution >= 0.6 is 22.9 Å². The van der Waals surface area contributed by atoms with Gasteiger partial charge in [-0.1, -0.05) is 35.0 Å². The maximum absolute atomic E-state index is 13.2. The van der Waals surface area contributed by atoms with Crippen molar-refractivity contribution in [3.63, 3.8) is 0 Å². The van der Waals surface area contributed by atoms with Gasteiger partial charge in [0.1, 0.15) is 4.21 Å². The number of nitrogens with zero attached hydrogens (tertiary/aromatic N) is 3. The normalized spacial score (nSPS) is 17.5. The number of nitrogens with one attached hydrogen (secondary N) is 1. The molecule has 1 aliphatic heterocycles. The summed E-state index contributed by atoms with van der Waals surface area (Å²) in [5, 5.41) is 8.98. The first kappa shape index (κ1) is 21.9. The van der Waals surface area contributed by atoms with Crippen molar-refractivity contribution < 1.29 is 17.7 Å². The standard InChI is InChI=1S/C20H21ClN4O4S2/c1-13-23-19(24-29-13)16-9-18(30-12-16)31(27,28)25-8-4-6-15(11-25)20(26)22-10-14-5-2-3-7-17(14)21/h2-3,5,7,9,12,15H,4,6,8,10-11H2,1H3,(H,22,26)/t15-/m0/s1. The highest BCUT2D eigenvalue weighted by atomic mass is 35.5. The summed E-state index contributed by atoms with van der Waals surface area (Å²) in [6.45, 7) is 2.50. The quantitative estimate of drug-likeness (QED) is 0.579. The van der Waals surface area contributed by atoms with Crippen LogP contribution in [0.4, 0.5) is 0 Å². The monoisotopic (exact) mass is 480 g/mol. The van der Waals surface area contributed by atoms with Gasteiger partial charge in [-0.2, -0.15) is 9.29 Å². The molecule has 0 spiro atoms. The minimum atomic E-state index is -3.72. The van der Waals surface area contributed by atoms with E-state index in [1.54, 1.807) is 24.4 Å². The maximum Gasteiger partial charge on any atom is 0.252 e. The first-order valence-corrected chi connectivity index (χ1v) is 12.4. The van der Waals surface area contributed by atoms with E-state index in [-0.39, 0.29) is 16.7 Å². The molecule has 11 heteroatoms. The number of hydrogen-bond donors (Lipinski definition) is 1.